The fourth-order valence-electron chi connectivity index (χ4n) is 0.705. The Kier molecular flexibility index (Phi) is 10.3. The third-order valence-electron chi connectivity index (χ3n) is 1.28. The van der Waals surface area contributed by atoms with Crippen molar-refractivity contribution < 1.29 is 9.09 Å². The van der Waals surface area contributed by atoms with Gasteiger partial charge in [0.05, 0.1) is 6.61 Å². The van der Waals surface area contributed by atoms with Crippen LogP contribution in [0.5, 0.6) is 0 Å². The molecule has 1 unspecified atom stereocenters. The minimum absolute atomic E-state index is 0.542. The van der Waals surface area contributed by atoms with E-state index in [-0.39, 0.29) is 0 Å². The molecule has 6 heteroatoms. The number of rotatable bonds is 9. The molecule has 0 saturated heterocycles. The molecule has 0 aromatic carbocycles. The highest BCUT2D eigenvalue weighted by Gasteiger charge is 2.23. The quantitative estimate of drug-likeness (QED) is 0.459. The molecular formula is C8H19O2PS3. The van der Waals surface area contributed by atoms with Crippen molar-refractivity contribution in [2.24, 2.45) is 0 Å². The second-order valence-corrected chi connectivity index (χ2v) is 11.1. The summed E-state index contributed by atoms with van der Waals surface area (Å²) in [6, 6.07) is 0. The molecule has 0 N–H and O–H groups in total. The third-order valence-corrected chi connectivity index (χ3v) is 9.86. The smallest absolute Gasteiger partial charge is 0.313 e. The molecule has 0 rings (SSSR count). The molecule has 0 aliphatic carbocycles. The first-order valence-electron chi connectivity index (χ1n) is 4.71. The summed E-state index contributed by atoms with van der Waals surface area (Å²) < 4.78 is 17.5. The van der Waals surface area contributed by atoms with Crippen LogP contribution in [0.15, 0.2) is 0 Å². The van der Waals surface area contributed by atoms with E-state index in [1.807, 2.05) is 6.92 Å². The molecule has 1 atom stereocenters. The van der Waals surface area contributed by atoms with E-state index in [1.165, 1.54) is 22.8 Å². The van der Waals surface area contributed by atoms with Crippen LogP contribution >= 0.6 is 40.3 Å². The Balaban J connectivity index is 3.89. The van der Waals surface area contributed by atoms with Gasteiger partial charge in [0.2, 0.25) is 0 Å². The Hall–Kier alpha value is 1.24. The van der Waals surface area contributed by atoms with Gasteiger partial charge in [0.25, 0.3) is 0 Å². The van der Waals surface area contributed by atoms with Crippen LogP contribution in [0.1, 0.15) is 20.3 Å². The molecule has 0 radical (unpaired) electrons. The molecule has 0 aromatic heterocycles. The van der Waals surface area contributed by atoms with E-state index >= 15 is 0 Å². The van der Waals surface area contributed by atoms with E-state index in [1.54, 1.807) is 11.8 Å². The zero-order valence-electron chi connectivity index (χ0n) is 9.02. The summed E-state index contributed by atoms with van der Waals surface area (Å²) in [7, 11) is 0. The molecular weight excluding hydrogens is 255 g/mol. The lowest BCUT2D eigenvalue weighted by atomic mass is 10.6. The summed E-state index contributed by atoms with van der Waals surface area (Å²) in [5.74, 6) is 0.423. The summed E-state index contributed by atoms with van der Waals surface area (Å²) >= 11 is 4.75. The van der Waals surface area contributed by atoms with Crippen LogP contribution in [0.2, 0.25) is 0 Å². The Labute approximate surface area is 99.7 Å². The molecule has 0 spiro atoms. The van der Waals surface area contributed by atoms with Crippen LogP contribution < -0.4 is 0 Å². The molecule has 0 aliphatic rings. The minimum atomic E-state index is -2.45. The normalized spacial score (nSPS) is 15.4. The lowest BCUT2D eigenvalue weighted by molar-refractivity contribution is 0.357. The van der Waals surface area contributed by atoms with Gasteiger partial charge in [-0.15, -0.1) is 0 Å². The Morgan fingerprint density at radius 2 is 1.79 bits per heavy atom. The molecule has 0 heterocycles. The third kappa shape index (κ3) is 7.52. The van der Waals surface area contributed by atoms with Gasteiger partial charge < -0.3 is 4.52 Å². The van der Waals surface area contributed by atoms with Crippen LogP contribution in [0.25, 0.3) is 0 Å². The minimum Gasteiger partial charge on any atom is -0.314 e. The average Bonchev–Trinajstić information content (AvgIpc) is 2.16. The molecule has 0 fully saturated rings. The standard InChI is InChI=1S/C8H19O2PS3/c1-4-6-13-11(9,10-5-2)14-8-7-12-3/h4-8H2,1-3H3. The highest BCUT2D eigenvalue weighted by atomic mass is 33.1. The number of hydrogen-bond donors (Lipinski definition) is 0. The summed E-state index contributed by atoms with van der Waals surface area (Å²) in [6.45, 7) is 4.53. The van der Waals surface area contributed by atoms with Crippen molar-refractivity contribution >= 4 is 40.3 Å². The van der Waals surface area contributed by atoms with Crippen molar-refractivity contribution in [1.29, 1.82) is 0 Å². The van der Waals surface area contributed by atoms with Crippen LogP contribution in [-0.4, -0.2) is 30.1 Å². The van der Waals surface area contributed by atoms with Gasteiger partial charge in [0, 0.05) is 17.3 Å². The maximum Gasteiger partial charge on any atom is 0.313 e. The zero-order valence-corrected chi connectivity index (χ0v) is 12.4. The van der Waals surface area contributed by atoms with E-state index < -0.39 is 5.77 Å². The molecule has 0 amide bonds. The fraction of sp³-hybridized carbons (Fsp3) is 1.00. The maximum absolute atomic E-state index is 12.1. The number of hydrogen-bond acceptors (Lipinski definition) is 5. The topological polar surface area (TPSA) is 26.3 Å². The van der Waals surface area contributed by atoms with Crippen LogP contribution in [-0.2, 0) is 9.09 Å². The van der Waals surface area contributed by atoms with Crippen molar-refractivity contribution in [2.45, 2.75) is 20.3 Å². The Morgan fingerprint density at radius 3 is 2.29 bits per heavy atom. The first-order valence-corrected chi connectivity index (χ1v) is 10.9. The highest BCUT2D eigenvalue weighted by Crippen LogP contribution is 2.69. The highest BCUT2D eigenvalue weighted by molar-refractivity contribution is 8.89. The van der Waals surface area contributed by atoms with Crippen molar-refractivity contribution in [1.82, 2.24) is 0 Å². The van der Waals surface area contributed by atoms with Crippen LogP contribution in [0.3, 0.4) is 0 Å². The van der Waals surface area contributed by atoms with Gasteiger partial charge in [-0.05, 0) is 19.6 Å². The fourth-order valence-corrected chi connectivity index (χ4v) is 8.72. The lowest BCUT2D eigenvalue weighted by Gasteiger charge is -2.15. The summed E-state index contributed by atoms with van der Waals surface area (Å²) in [6.07, 6.45) is 3.11. The zero-order chi connectivity index (χ0) is 10.9. The van der Waals surface area contributed by atoms with E-state index in [0.717, 1.165) is 23.7 Å². The van der Waals surface area contributed by atoms with E-state index in [0.29, 0.717) is 6.61 Å². The van der Waals surface area contributed by atoms with Gasteiger partial charge in [-0.1, -0.05) is 29.7 Å². The summed E-state index contributed by atoms with van der Waals surface area (Å²) in [5.41, 5.74) is 0. The lowest BCUT2D eigenvalue weighted by Crippen LogP contribution is -1.88. The Morgan fingerprint density at radius 1 is 1.14 bits per heavy atom. The molecule has 2 nitrogen and oxygen atoms in total. The SMILES string of the molecule is CCCSP(=O)(OCC)SCCSC. The molecule has 0 aromatic rings. The van der Waals surface area contributed by atoms with Crippen LogP contribution in [0.4, 0.5) is 0 Å². The Bertz CT molecular complexity index is 178. The molecule has 14 heavy (non-hydrogen) atoms. The van der Waals surface area contributed by atoms with Gasteiger partial charge in [0.1, 0.15) is 0 Å². The van der Waals surface area contributed by atoms with Crippen molar-refractivity contribution in [2.75, 3.05) is 30.1 Å². The monoisotopic (exact) mass is 274 g/mol. The van der Waals surface area contributed by atoms with Gasteiger partial charge in [-0.3, -0.25) is 4.57 Å². The summed E-state index contributed by atoms with van der Waals surface area (Å²) in [5, 5.41) is 0. The molecule has 0 bridgehead atoms. The maximum atomic E-state index is 12.1. The van der Waals surface area contributed by atoms with Gasteiger partial charge in [0.15, 0.2) is 0 Å². The molecule has 86 valence electrons. The second kappa shape index (κ2) is 9.46. The first-order chi connectivity index (χ1) is 6.68. The van der Waals surface area contributed by atoms with Crippen LogP contribution in [0, 0.1) is 0 Å². The van der Waals surface area contributed by atoms with E-state index in [2.05, 4.69) is 13.2 Å². The van der Waals surface area contributed by atoms with Crippen molar-refractivity contribution in [3.63, 3.8) is 0 Å². The first kappa shape index (κ1) is 15.2. The van der Waals surface area contributed by atoms with Gasteiger partial charge >= 0.3 is 5.77 Å². The predicted octanol–water partition coefficient (Wildman–Crippen LogP) is 4.37. The predicted molar refractivity (Wildman–Crippen MR) is 72.8 cm³/mol. The molecule has 0 saturated carbocycles. The van der Waals surface area contributed by atoms with E-state index in [9.17, 15) is 4.57 Å². The largest absolute Gasteiger partial charge is 0.314 e. The van der Waals surface area contributed by atoms with Crippen molar-refractivity contribution in [3.8, 4) is 0 Å². The second-order valence-electron chi connectivity index (χ2n) is 2.52. The summed E-state index contributed by atoms with van der Waals surface area (Å²) in [4.78, 5) is 0. The number of thioether (sulfide) groups is 1. The van der Waals surface area contributed by atoms with Gasteiger partial charge in [-0.2, -0.15) is 11.8 Å². The van der Waals surface area contributed by atoms with Gasteiger partial charge in [-0.25, -0.2) is 0 Å². The van der Waals surface area contributed by atoms with E-state index in [4.69, 9.17) is 4.52 Å². The molecule has 0 aliphatic heterocycles. The average molecular weight is 274 g/mol. The van der Waals surface area contributed by atoms with Crippen molar-refractivity contribution in [3.05, 3.63) is 0 Å².